The normalized spacial score (nSPS) is 15.0. The molecule has 2 aromatic carbocycles. The van der Waals surface area contributed by atoms with Crippen LogP contribution in [0.15, 0.2) is 48.5 Å². The van der Waals surface area contributed by atoms with E-state index in [4.69, 9.17) is 0 Å². The summed E-state index contributed by atoms with van der Waals surface area (Å²) in [6.07, 6.45) is 3.46. The van der Waals surface area contributed by atoms with Gasteiger partial charge in [0.05, 0.1) is 0 Å². The van der Waals surface area contributed by atoms with Gasteiger partial charge in [0.1, 0.15) is 5.82 Å². The molecule has 4 nitrogen and oxygen atoms in total. The summed E-state index contributed by atoms with van der Waals surface area (Å²) in [6.45, 7) is 2.80. The van der Waals surface area contributed by atoms with Crippen LogP contribution in [-0.4, -0.2) is 41.5 Å². The highest BCUT2D eigenvalue weighted by Gasteiger charge is 2.29. The van der Waals surface area contributed by atoms with Crippen molar-refractivity contribution in [2.45, 2.75) is 44.7 Å². The van der Waals surface area contributed by atoms with Gasteiger partial charge >= 0.3 is 0 Å². The van der Waals surface area contributed by atoms with E-state index < -0.39 is 0 Å². The number of hydrogen-bond acceptors (Lipinski definition) is 2. The van der Waals surface area contributed by atoms with E-state index in [1.54, 1.807) is 12.1 Å². The summed E-state index contributed by atoms with van der Waals surface area (Å²) >= 11 is 0. The highest BCUT2D eigenvalue weighted by Crippen LogP contribution is 2.32. The van der Waals surface area contributed by atoms with E-state index in [0.717, 1.165) is 27.7 Å². The lowest BCUT2D eigenvalue weighted by Gasteiger charge is -2.24. The van der Waals surface area contributed by atoms with Gasteiger partial charge in [-0.05, 0) is 62.6 Å². The molecule has 3 aromatic rings. The summed E-state index contributed by atoms with van der Waals surface area (Å²) in [5.74, 6) is -0.232. The third kappa shape index (κ3) is 4.51. The Balaban J connectivity index is 1.48. The molecule has 1 heterocycles. The number of fused-ring (bicyclic) bond motifs is 1. The van der Waals surface area contributed by atoms with Crippen molar-refractivity contribution < 1.29 is 9.18 Å². The minimum atomic E-state index is -0.265. The second-order valence-corrected chi connectivity index (χ2v) is 8.08. The van der Waals surface area contributed by atoms with Crippen LogP contribution in [0.1, 0.15) is 31.7 Å². The molecule has 0 spiro atoms. The van der Waals surface area contributed by atoms with Gasteiger partial charge < -0.3 is 10.3 Å². The molecule has 1 saturated carbocycles. The Bertz CT molecular complexity index is 994. The summed E-state index contributed by atoms with van der Waals surface area (Å²) in [6, 6.07) is 15.8. The van der Waals surface area contributed by atoms with E-state index in [1.165, 1.54) is 18.9 Å². The second-order valence-electron chi connectivity index (χ2n) is 8.08. The quantitative estimate of drug-likeness (QED) is 0.592. The van der Waals surface area contributed by atoms with Gasteiger partial charge in [0.2, 0.25) is 5.91 Å². The largest absolute Gasteiger partial charge is 0.355 e. The van der Waals surface area contributed by atoms with Gasteiger partial charge in [-0.15, -0.1) is 0 Å². The van der Waals surface area contributed by atoms with Crippen LogP contribution in [-0.2, 0) is 11.2 Å². The number of H-pyrrole nitrogens is 1. The number of nitrogens with zero attached hydrogens (tertiary/aromatic N) is 1. The molecule has 4 rings (SSSR count). The van der Waals surface area contributed by atoms with Crippen LogP contribution >= 0.6 is 0 Å². The molecule has 0 aliphatic heterocycles. The van der Waals surface area contributed by atoms with Crippen molar-refractivity contribution >= 4 is 16.8 Å². The van der Waals surface area contributed by atoms with Crippen LogP contribution in [0.4, 0.5) is 4.39 Å². The summed E-state index contributed by atoms with van der Waals surface area (Å²) in [5.41, 5.74) is 3.88. The Kier molecular flexibility index (Phi) is 5.67. The first kappa shape index (κ1) is 19.6. The topological polar surface area (TPSA) is 48.1 Å². The van der Waals surface area contributed by atoms with Crippen molar-refractivity contribution in [1.29, 1.82) is 0 Å². The maximum atomic E-state index is 13.9. The number of hydrogen-bond donors (Lipinski definition) is 2. The number of carbonyl (C=O) groups is 1. The van der Waals surface area contributed by atoms with Crippen molar-refractivity contribution in [3.05, 3.63) is 59.9 Å². The smallest absolute Gasteiger partial charge is 0.220 e. The molecule has 1 amide bonds. The lowest BCUT2D eigenvalue weighted by molar-refractivity contribution is -0.121. The number of carbonyl (C=O) groups excluding carboxylic acids is 1. The van der Waals surface area contributed by atoms with Crippen LogP contribution in [0.25, 0.3) is 22.2 Å². The van der Waals surface area contributed by atoms with Crippen molar-refractivity contribution in [2.75, 3.05) is 13.6 Å². The number of aromatic amines is 1. The molecule has 2 N–H and O–H groups in total. The van der Waals surface area contributed by atoms with Gasteiger partial charge in [-0.25, -0.2) is 4.39 Å². The minimum Gasteiger partial charge on any atom is -0.355 e. The Morgan fingerprint density at radius 3 is 2.72 bits per heavy atom. The highest BCUT2D eigenvalue weighted by atomic mass is 19.1. The van der Waals surface area contributed by atoms with Crippen molar-refractivity contribution in [3.63, 3.8) is 0 Å². The Morgan fingerprint density at radius 2 is 2.00 bits per heavy atom. The van der Waals surface area contributed by atoms with Gasteiger partial charge in [-0.3, -0.25) is 9.69 Å². The number of nitrogens with one attached hydrogen (secondary N) is 2. The lowest BCUT2D eigenvalue weighted by Crippen LogP contribution is -2.41. The molecule has 1 fully saturated rings. The molecule has 1 aromatic heterocycles. The van der Waals surface area contributed by atoms with Crippen LogP contribution in [0.2, 0.25) is 0 Å². The van der Waals surface area contributed by atoms with Gasteiger partial charge in [0, 0.05) is 41.6 Å². The second kappa shape index (κ2) is 8.37. The number of aryl methyl sites for hydroxylation is 1. The van der Waals surface area contributed by atoms with Crippen molar-refractivity contribution in [1.82, 2.24) is 15.2 Å². The van der Waals surface area contributed by atoms with E-state index in [1.807, 2.05) is 30.3 Å². The molecule has 1 aliphatic rings. The molecule has 1 unspecified atom stereocenters. The van der Waals surface area contributed by atoms with Crippen LogP contribution in [0.3, 0.4) is 0 Å². The van der Waals surface area contributed by atoms with Crippen molar-refractivity contribution in [3.8, 4) is 11.3 Å². The first-order chi connectivity index (χ1) is 14.0. The fourth-order valence-electron chi connectivity index (χ4n) is 3.90. The Labute approximate surface area is 171 Å². The number of likely N-dealkylation sites (N-methyl/N-ethyl adjacent to an activating group) is 1. The van der Waals surface area contributed by atoms with E-state index in [-0.39, 0.29) is 11.7 Å². The van der Waals surface area contributed by atoms with Gasteiger partial charge in [-0.2, -0.15) is 0 Å². The number of amides is 1. The first-order valence-electron chi connectivity index (χ1n) is 10.4. The molecule has 0 radical (unpaired) electrons. The van der Waals surface area contributed by atoms with E-state index in [0.29, 0.717) is 31.5 Å². The third-order valence-electron chi connectivity index (χ3n) is 5.95. The zero-order valence-corrected chi connectivity index (χ0v) is 17.0. The average Bonchev–Trinajstić information content (AvgIpc) is 3.52. The van der Waals surface area contributed by atoms with Crippen LogP contribution in [0, 0.1) is 5.82 Å². The van der Waals surface area contributed by atoms with Gasteiger partial charge in [-0.1, -0.05) is 30.3 Å². The van der Waals surface area contributed by atoms with E-state index >= 15 is 0 Å². The highest BCUT2D eigenvalue weighted by molar-refractivity contribution is 5.91. The molecular formula is C24H28FN3O. The lowest BCUT2D eigenvalue weighted by atomic mass is 10.0. The average molecular weight is 394 g/mol. The zero-order valence-electron chi connectivity index (χ0n) is 17.0. The summed E-state index contributed by atoms with van der Waals surface area (Å²) < 4.78 is 13.9. The Hall–Kier alpha value is -2.66. The first-order valence-corrected chi connectivity index (χ1v) is 10.4. The third-order valence-corrected chi connectivity index (χ3v) is 5.95. The predicted molar refractivity (Wildman–Crippen MR) is 115 cm³/mol. The number of rotatable bonds is 8. The maximum absolute atomic E-state index is 13.9. The molecule has 0 saturated heterocycles. The van der Waals surface area contributed by atoms with Crippen LogP contribution < -0.4 is 5.32 Å². The Morgan fingerprint density at radius 1 is 1.24 bits per heavy atom. The fourth-order valence-corrected chi connectivity index (χ4v) is 3.90. The monoisotopic (exact) mass is 393 g/mol. The van der Waals surface area contributed by atoms with Gasteiger partial charge in [0.25, 0.3) is 0 Å². The molecule has 5 heteroatoms. The predicted octanol–water partition coefficient (Wildman–Crippen LogP) is 4.51. The summed E-state index contributed by atoms with van der Waals surface area (Å²) in [5, 5.41) is 3.91. The summed E-state index contributed by atoms with van der Waals surface area (Å²) in [4.78, 5) is 18.2. The van der Waals surface area contributed by atoms with E-state index in [9.17, 15) is 9.18 Å². The molecular weight excluding hydrogens is 365 g/mol. The fraction of sp³-hybridized carbons (Fsp3) is 0.375. The minimum absolute atomic E-state index is 0.0332. The molecule has 1 atom stereocenters. The van der Waals surface area contributed by atoms with E-state index in [2.05, 4.69) is 29.2 Å². The van der Waals surface area contributed by atoms with Crippen molar-refractivity contribution in [2.24, 2.45) is 0 Å². The standard InChI is InChI=1S/C24H28FN3O/c1-16(28(2)19-9-10-19)15-26-23(29)13-11-20-21-14-18(25)8-12-22(21)27-24(20)17-6-4-3-5-7-17/h3-8,12,14,16,19,27H,9-11,13,15H2,1-2H3,(H,26,29). The number of halogens is 1. The number of benzene rings is 2. The molecule has 1 aliphatic carbocycles. The molecule has 0 bridgehead atoms. The maximum Gasteiger partial charge on any atom is 0.220 e. The SMILES string of the molecule is CC(CNC(=O)CCc1c(-c2ccccc2)[nH]c2ccc(F)cc12)N(C)C1CC1. The van der Waals surface area contributed by atoms with Gasteiger partial charge in [0.15, 0.2) is 0 Å². The number of aromatic nitrogens is 1. The molecule has 152 valence electrons. The zero-order chi connectivity index (χ0) is 20.4. The summed E-state index contributed by atoms with van der Waals surface area (Å²) in [7, 11) is 2.13. The molecule has 29 heavy (non-hydrogen) atoms. The van der Waals surface area contributed by atoms with Crippen LogP contribution in [0.5, 0.6) is 0 Å².